The van der Waals surface area contributed by atoms with Crippen LogP contribution >= 0.6 is 0 Å². The fraction of sp³-hybridized carbons (Fsp3) is 0.462. The van der Waals surface area contributed by atoms with Gasteiger partial charge < -0.3 is 9.64 Å². The molecule has 0 heterocycles. The molecule has 0 N–H and O–H groups in total. The van der Waals surface area contributed by atoms with E-state index >= 15 is 0 Å². The lowest BCUT2D eigenvalue weighted by molar-refractivity contribution is -0.384. The Morgan fingerprint density at radius 1 is 1.47 bits per heavy atom. The third-order valence-corrected chi connectivity index (χ3v) is 2.85. The Morgan fingerprint density at radius 3 is 2.63 bits per heavy atom. The van der Waals surface area contributed by atoms with Crippen molar-refractivity contribution >= 4 is 17.3 Å². The van der Waals surface area contributed by atoms with Gasteiger partial charge in [0, 0.05) is 31.4 Å². The summed E-state index contributed by atoms with van der Waals surface area (Å²) in [6, 6.07) is 4.86. The van der Waals surface area contributed by atoms with E-state index in [9.17, 15) is 14.9 Å². The normalized spacial score (nSPS) is 11.8. The number of esters is 1. The molecule has 0 aliphatic carbocycles. The molecule has 0 amide bonds. The Kier molecular flexibility index (Phi) is 4.86. The molecule has 0 bridgehead atoms. The second-order valence-electron chi connectivity index (χ2n) is 4.59. The van der Waals surface area contributed by atoms with Crippen molar-refractivity contribution in [2.75, 3.05) is 25.6 Å². The highest BCUT2D eigenvalue weighted by atomic mass is 16.6. The Hall–Kier alpha value is -2.11. The van der Waals surface area contributed by atoms with Crippen LogP contribution in [0.15, 0.2) is 18.2 Å². The van der Waals surface area contributed by atoms with Gasteiger partial charge in [0.05, 0.1) is 18.0 Å². The maximum atomic E-state index is 11.4. The molecule has 0 aromatic heterocycles. The highest BCUT2D eigenvalue weighted by Crippen LogP contribution is 2.23. The summed E-state index contributed by atoms with van der Waals surface area (Å²) < 4.78 is 4.66. The second-order valence-corrected chi connectivity index (χ2v) is 4.59. The van der Waals surface area contributed by atoms with E-state index in [-0.39, 0.29) is 17.6 Å². The number of anilines is 1. The van der Waals surface area contributed by atoms with Crippen molar-refractivity contribution in [2.45, 2.75) is 13.8 Å². The van der Waals surface area contributed by atoms with Gasteiger partial charge in [-0.05, 0) is 18.6 Å². The van der Waals surface area contributed by atoms with E-state index in [4.69, 9.17) is 0 Å². The van der Waals surface area contributed by atoms with Gasteiger partial charge in [-0.25, -0.2) is 0 Å². The maximum absolute atomic E-state index is 11.4. The predicted molar refractivity (Wildman–Crippen MR) is 72.3 cm³/mol. The van der Waals surface area contributed by atoms with Crippen LogP contribution in [0.25, 0.3) is 0 Å². The number of nitro benzene ring substituents is 1. The first kappa shape index (κ1) is 14.9. The van der Waals surface area contributed by atoms with E-state index in [2.05, 4.69) is 4.74 Å². The van der Waals surface area contributed by atoms with Crippen LogP contribution < -0.4 is 4.90 Å². The molecule has 0 aliphatic heterocycles. The zero-order valence-electron chi connectivity index (χ0n) is 11.5. The van der Waals surface area contributed by atoms with Crippen LogP contribution in [0.2, 0.25) is 0 Å². The minimum absolute atomic E-state index is 0.0487. The van der Waals surface area contributed by atoms with Crippen LogP contribution in [0.5, 0.6) is 0 Å². The molecule has 1 rings (SSSR count). The lowest BCUT2D eigenvalue weighted by Gasteiger charge is -2.22. The summed E-state index contributed by atoms with van der Waals surface area (Å²) in [5.74, 6) is -0.594. The molecule has 1 aromatic carbocycles. The molecule has 0 saturated carbocycles. The van der Waals surface area contributed by atoms with E-state index in [1.165, 1.54) is 19.2 Å². The molecule has 104 valence electrons. The monoisotopic (exact) mass is 266 g/mol. The number of carbonyl (C=O) groups excluding carboxylic acids is 1. The van der Waals surface area contributed by atoms with Crippen molar-refractivity contribution in [1.29, 1.82) is 0 Å². The van der Waals surface area contributed by atoms with Gasteiger partial charge in [-0.15, -0.1) is 0 Å². The standard InChI is InChI=1S/C13H18N2O4/c1-9-5-11(7-12(6-9)15(17)18)14(3)8-10(2)13(16)19-4/h5-7,10H,8H2,1-4H3. The quantitative estimate of drug-likeness (QED) is 0.464. The lowest BCUT2D eigenvalue weighted by atomic mass is 10.1. The predicted octanol–water partition coefficient (Wildman–Crippen LogP) is 2.15. The van der Waals surface area contributed by atoms with Crippen LogP contribution in [-0.2, 0) is 9.53 Å². The minimum Gasteiger partial charge on any atom is -0.469 e. The first-order valence-electron chi connectivity index (χ1n) is 5.90. The number of nitrogens with zero attached hydrogens (tertiary/aromatic N) is 2. The summed E-state index contributed by atoms with van der Waals surface area (Å²) >= 11 is 0. The molecule has 0 radical (unpaired) electrons. The smallest absolute Gasteiger partial charge is 0.310 e. The van der Waals surface area contributed by atoms with Crippen LogP contribution in [-0.4, -0.2) is 31.6 Å². The molecule has 0 aliphatic rings. The molecule has 0 spiro atoms. The van der Waals surface area contributed by atoms with Gasteiger partial charge >= 0.3 is 5.97 Å². The summed E-state index contributed by atoms with van der Waals surface area (Å²) in [4.78, 5) is 23.6. The molecule has 6 heteroatoms. The summed E-state index contributed by atoms with van der Waals surface area (Å²) in [5.41, 5.74) is 1.57. The Balaban J connectivity index is 2.90. The number of hydrogen-bond acceptors (Lipinski definition) is 5. The largest absolute Gasteiger partial charge is 0.469 e. The third-order valence-electron chi connectivity index (χ3n) is 2.85. The van der Waals surface area contributed by atoms with Crippen LogP contribution in [0.3, 0.4) is 0 Å². The van der Waals surface area contributed by atoms with Crippen LogP contribution in [0, 0.1) is 23.0 Å². The van der Waals surface area contributed by atoms with Crippen molar-refractivity contribution < 1.29 is 14.5 Å². The number of non-ortho nitro benzene ring substituents is 1. The average Bonchev–Trinajstić information content (AvgIpc) is 2.36. The van der Waals surface area contributed by atoms with E-state index < -0.39 is 4.92 Å². The number of hydrogen-bond donors (Lipinski definition) is 0. The molecule has 0 fully saturated rings. The first-order valence-corrected chi connectivity index (χ1v) is 5.90. The minimum atomic E-state index is -0.423. The zero-order valence-corrected chi connectivity index (χ0v) is 11.5. The van der Waals surface area contributed by atoms with Crippen molar-refractivity contribution in [2.24, 2.45) is 5.92 Å². The molecule has 1 atom stereocenters. The number of methoxy groups -OCH3 is 1. The van der Waals surface area contributed by atoms with Gasteiger partial charge in [0.1, 0.15) is 0 Å². The molecule has 1 aromatic rings. The van der Waals surface area contributed by atoms with Gasteiger partial charge in [-0.1, -0.05) is 6.92 Å². The Labute approximate surface area is 112 Å². The van der Waals surface area contributed by atoms with E-state index in [0.29, 0.717) is 12.2 Å². The highest BCUT2D eigenvalue weighted by molar-refractivity contribution is 5.72. The lowest BCUT2D eigenvalue weighted by Crippen LogP contribution is -2.29. The van der Waals surface area contributed by atoms with Gasteiger partial charge in [-0.2, -0.15) is 0 Å². The van der Waals surface area contributed by atoms with Crippen molar-refractivity contribution in [1.82, 2.24) is 0 Å². The molecule has 1 unspecified atom stereocenters. The first-order chi connectivity index (χ1) is 8.85. The number of aryl methyl sites for hydroxylation is 1. The Morgan fingerprint density at radius 2 is 2.11 bits per heavy atom. The van der Waals surface area contributed by atoms with Gasteiger partial charge in [-0.3, -0.25) is 14.9 Å². The number of carbonyl (C=O) groups is 1. The van der Waals surface area contributed by atoms with Crippen molar-refractivity contribution in [3.63, 3.8) is 0 Å². The van der Waals surface area contributed by atoms with Gasteiger partial charge in [0.2, 0.25) is 0 Å². The van der Waals surface area contributed by atoms with Gasteiger partial charge in [0.25, 0.3) is 5.69 Å². The number of rotatable bonds is 5. The van der Waals surface area contributed by atoms with Crippen molar-refractivity contribution in [3.05, 3.63) is 33.9 Å². The summed E-state index contributed by atoms with van der Waals surface area (Å²) in [6.07, 6.45) is 0. The molecule has 19 heavy (non-hydrogen) atoms. The number of nitro groups is 1. The second kappa shape index (κ2) is 6.17. The van der Waals surface area contributed by atoms with E-state index in [1.54, 1.807) is 20.9 Å². The Bertz CT molecular complexity index is 488. The average molecular weight is 266 g/mol. The van der Waals surface area contributed by atoms with E-state index in [0.717, 1.165) is 5.56 Å². The van der Waals surface area contributed by atoms with E-state index in [1.807, 2.05) is 11.0 Å². The molecular formula is C13H18N2O4. The third kappa shape index (κ3) is 3.94. The maximum Gasteiger partial charge on any atom is 0.310 e. The zero-order chi connectivity index (χ0) is 14.6. The number of ether oxygens (including phenoxy) is 1. The molecular weight excluding hydrogens is 248 g/mol. The topological polar surface area (TPSA) is 72.7 Å². The van der Waals surface area contributed by atoms with Gasteiger partial charge in [0.15, 0.2) is 0 Å². The van der Waals surface area contributed by atoms with Crippen LogP contribution in [0.1, 0.15) is 12.5 Å². The molecule has 6 nitrogen and oxygen atoms in total. The summed E-state index contributed by atoms with van der Waals surface area (Å²) in [7, 11) is 3.13. The fourth-order valence-electron chi connectivity index (χ4n) is 1.86. The summed E-state index contributed by atoms with van der Waals surface area (Å²) in [5, 5.41) is 10.8. The number of benzene rings is 1. The van der Waals surface area contributed by atoms with Crippen molar-refractivity contribution in [3.8, 4) is 0 Å². The summed E-state index contributed by atoms with van der Waals surface area (Å²) in [6.45, 7) is 3.99. The fourth-order valence-corrected chi connectivity index (χ4v) is 1.86. The SMILES string of the molecule is COC(=O)C(C)CN(C)c1cc(C)cc([N+](=O)[O-])c1. The van der Waals surface area contributed by atoms with Crippen LogP contribution in [0.4, 0.5) is 11.4 Å². The molecule has 0 saturated heterocycles. The highest BCUT2D eigenvalue weighted by Gasteiger charge is 2.17.